The molecule has 0 saturated carbocycles. The molecule has 0 saturated heterocycles. The summed E-state index contributed by atoms with van der Waals surface area (Å²) in [7, 11) is 0. The Bertz CT molecular complexity index is 743. The van der Waals surface area contributed by atoms with Crippen molar-refractivity contribution in [1.82, 2.24) is 5.32 Å². The first-order valence-electron chi connectivity index (χ1n) is 7.60. The van der Waals surface area contributed by atoms with E-state index in [-0.39, 0.29) is 24.8 Å². The lowest BCUT2D eigenvalue weighted by atomic mass is 10.2. The van der Waals surface area contributed by atoms with Gasteiger partial charge < -0.3 is 10.2 Å². The van der Waals surface area contributed by atoms with Crippen molar-refractivity contribution >= 4 is 52.3 Å². The monoisotopic (exact) mass is 398 g/mol. The topological polar surface area (TPSA) is 49.4 Å². The average molecular weight is 400 g/mol. The number of halogens is 3. The summed E-state index contributed by atoms with van der Waals surface area (Å²) in [6.45, 7) is 2.07. The van der Waals surface area contributed by atoms with E-state index in [9.17, 15) is 9.59 Å². The van der Waals surface area contributed by atoms with Crippen LogP contribution in [0.15, 0.2) is 42.5 Å². The molecule has 2 aromatic rings. The third kappa shape index (κ3) is 6.24. The fraction of sp³-hybridized carbons (Fsp3) is 0.222. The van der Waals surface area contributed by atoms with Crippen LogP contribution in [0.3, 0.4) is 0 Å². The number of hydrogen-bond acceptors (Lipinski definition) is 2. The van der Waals surface area contributed by atoms with Gasteiger partial charge in [-0.05, 0) is 35.9 Å². The van der Waals surface area contributed by atoms with Gasteiger partial charge in [-0.1, -0.05) is 46.9 Å². The summed E-state index contributed by atoms with van der Waals surface area (Å²) in [5.74, 6) is -0.349. The van der Waals surface area contributed by atoms with Crippen molar-refractivity contribution in [3.8, 4) is 0 Å². The Morgan fingerprint density at radius 3 is 2.12 bits per heavy atom. The second-order valence-electron chi connectivity index (χ2n) is 5.45. The summed E-state index contributed by atoms with van der Waals surface area (Å²) in [5, 5.41) is 4.32. The van der Waals surface area contributed by atoms with Gasteiger partial charge in [0.25, 0.3) is 0 Å². The van der Waals surface area contributed by atoms with E-state index in [1.165, 1.54) is 11.8 Å². The third-order valence-electron chi connectivity index (χ3n) is 3.50. The predicted molar refractivity (Wildman–Crippen MR) is 102 cm³/mol. The second-order valence-corrected chi connectivity index (χ2v) is 6.76. The Balaban J connectivity index is 1.93. The lowest BCUT2D eigenvalue weighted by Crippen LogP contribution is -2.33. The highest BCUT2D eigenvalue weighted by Crippen LogP contribution is 2.25. The van der Waals surface area contributed by atoms with Crippen molar-refractivity contribution in [3.05, 3.63) is 63.1 Å². The van der Waals surface area contributed by atoms with Crippen LogP contribution in [0.5, 0.6) is 0 Å². The van der Waals surface area contributed by atoms with Gasteiger partial charge in [-0.2, -0.15) is 0 Å². The van der Waals surface area contributed by atoms with Gasteiger partial charge in [-0.15, -0.1) is 0 Å². The normalized spacial score (nSPS) is 10.4. The van der Waals surface area contributed by atoms with Gasteiger partial charge in [0.2, 0.25) is 11.8 Å². The number of anilines is 1. The number of amides is 2. The standard InChI is InChI=1S/C18H17Cl3N2O2/c1-12(24)23(17-9-15(20)8-16(21)10-17)7-6-18(25)22-11-13-2-4-14(19)5-3-13/h2-5,8-10H,6-7,11H2,1H3,(H,22,25). The van der Waals surface area contributed by atoms with E-state index in [0.29, 0.717) is 27.3 Å². The first kappa shape index (κ1) is 19.6. The number of hydrogen-bond donors (Lipinski definition) is 1. The van der Waals surface area contributed by atoms with E-state index in [4.69, 9.17) is 34.8 Å². The van der Waals surface area contributed by atoms with Gasteiger partial charge in [0, 0.05) is 47.2 Å². The van der Waals surface area contributed by atoms with E-state index < -0.39 is 0 Å². The van der Waals surface area contributed by atoms with Crippen LogP contribution in [0, 0.1) is 0 Å². The summed E-state index contributed by atoms with van der Waals surface area (Å²) in [6.07, 6.45) is 0.164. The SMILES string of the molecule is CC(=O)N(CCC(=O)NCc1ccc(Cl)cc1)c1cc(Cl)cc(Cl)c1. The number of rotatable bonds is 6. The molecule has 0 radical (unpaired) electrons. The molecule has 1 N–H and O–H groups in total. The van der Waals surface area contributed by atoms with Crippen molar-refractivity contribution in [1.29, 1.82) is 0 Å². The van der Waals surface area contributed by atoms with E-state index in [0.717, 1.165) is 5.56 Å². The molecule has 0 aliphatic heterocycles. The first-order chi connectivity index (χ1) is 11.8. The van der Waals surface area contributed by atoms with E-state index in [1.54, 1.807) is 30.3 Å². The largest absolute Gasteiger partial charge is 0.352 e. The molecule has 0 fully saturated rings. The molecule has 0 aliphatic rings. The maximum atomic E-state index is 12.0. The smallest absolute Gasteiger partial charge is 0.223 e. The summed E-state index contributed by atoms with van der Waals surface area (Å²) in [4.78, 5) is 25.4. The fourth-order valence-electron chi connectivity index (χ4n) is 2.27. The zero-order chi connectivity index (χ0) is 18.4. The molecule has 25 heavy (non-hydrogen) atoms. The van der Waals surface area contributed by atoms with E-state index in [2.05, 4.69) is 5.32 Å². The predicted octanol–water partition coefficient (Wildman–Crippen LogP) is 4.71. The van der Waals surface area contributed by atoms with Crippen LogP contribution in [-0.2, 0) is 16.1 Å². The highest BCUT2D eigenvalue weighted by molar-refractivity contribution is 6.35. The molecule has 0 spiro atoms. The number of nitrogens with one attached hydrogen (secondary N) is 1. The summed E-state index contributed by atoms with van der Waals surface area (Å²) >= 11 is 17.8. The quantitative estimate of drug-likeness (QED) is 0.765. The Hall–Kier alpha value is -1.75. The molecule has 2 aromatic carbocycles. The van der Waals surface area contributed by atoms with Gasteiger partial charge in [0.15, 0.2) is 0 Å². The molecule has 0 aliphatic carbocycles. The van der Waals surface area contributed by atoms with Crippen LogP contribution >= 0.6 is 34.8 Å². The molecular formula is C18H17Cl3N2O2. The molecule has 0 atom stereocenters. The van der Waals surface area contributed by atoms with Gasteiger partial charge in [0.1, 0.15) is 0 Å². The Kier molecular flexibility index (Phi) is 7.12. The lowest BCUT2D eigenvalue weighted by Gasteiger charge is -2.21. The number of carbonyl (C=O) groups excluding carboxylic acids is 2. The molecular weight excluding hydrogens is 383 g/mol. The minimum Gasteiger partial charge on any atom is -0.352 e. The van der Waals surface area contributed by atoms with Crippen molar-refractivity contribution in [2.24, 2.45) is 0 Å². The fourth-order valence-corrected chi connectivity index (χ4v) is 2.91. The van der Waals surface area contributed by atoms with Crippen molar-refractivity contribution < 1.29 is 9.59 Å². The number of benzene rings is 2. The first-order valence-corrected chi connectivity index (χ1v) is 8.74. The molecule has 2 rings (SSSR count). The van der Waals surface area contributed by atoms with Gasteiger partial charge in [0.05, 0.1) is 0 Å². The zero-order valence-electron chi connectivity index (χ0n) is 13.6. The minimum absolute atomic E-state index is 0.158. The molecule has 132 valence electrons. The van der Waals surface area contributed by atoms with E-state index >= 15 is 0 Å². The summed E-state index contributed by atoms with van der Waals surface area (Å²) in [6, 6.07) is 12.1. The molecule has 2 amide bonds. The van der Waals surface area contributed by atoms with Gasteiger partial charge >= 0.3 is 0 Å². The average Bonchev–Trinajstić information content (AvgIpc) is 2.53. The second kappa shape index (κ2) is 9.09. The van der Waals surface area contributed by atoms with Crippen molar-refractivity contribution in [2.75, 3.05) is 11.4 Å². The van der Waals surface area contributed by atoms with Crippen LogP contribution in [0.25, 0.3) is 0 Å². The van der Waals surface area contributed by atoms with Crippen LogP contribution in [0.1, 0.15) is 18.9 Å². The number of carbonyl (C=O) groups is 2. The lowest BCUT2D eigenvalue weighted by molar-refractivity contribution is -0.121. The van der Waals surface area contributed by atoms with Crippen molar-refractivity contribution in [2.45, 2.75) is 19.9 Å². The Labute approximate surface area is 161 Å². The van der Waals surface area contributed by atoms with Gasteiger partial charge in [-0.25, -0.2) is 0 Å². The van der Waals surface area contributed by atoms with E-state index in [1.807, 2.05) is 12.1 Å². The summed E-state index contributed by atoms with van der Waals surface area (Å²) < 4.78 is 0. The molecule has 0 aromatic heterocycles. The van der Waals surface area contributed by atoms with Crippen LogP contribution in [-0.4, -0.2) is 18.4 Å². The van der Waals surface area contributed by atoms with Crippen LogP contribution in [0.2, 0.25) is 15.1 Å². The van der Waals surface area contributed by atoms with Gasteiger partial charge in [-0.3, -0.25) is 9.59 Å². The van der Waals surface area contributed by atoms with Crippen LogP contribution < -0.4 is 10.2 Å². The molecule has 0 heterocycles. The third-order valence-corrected chi connectivity index (χ3v) is 4.19. The Morgan fingerprint density at radius 1 is 0.960 bits per heavy atom. The highest BCUT2D eigenvalue weighted by atomic mass is 35.5. The number of nitrogens with zero attached hydrogens (tertiary/aromatic N) is 1. The Morgan fingerprint density at radius 2 is 1.56 bits per heavy atom. The maximum absolute atomic E-state index is 12.0. The maximum Gasteiger partial charge on any atom is 0.223 e. The van der Waals surface area contributed by atoms with Crippen LogP contribution in [0.4, 0.5) is 5.69 Å². The van der Waals surface area contributed by atoms with Crippen molar-refractivity contribution in [3.63, 3.8) is 0 Å². The summed E-state index contributed by atoms with van der Waals surface area (Å²) in [5.41, 5.74) is 1.51. The molecule has 0 bridgehead atoms. The highest BCUT2D eigenvalue weighted by Gasteiger charge is 2.14. The molecule has 0 unspecified atom stereocenters. The zero-order valence-corrected chi connectivity index (χ0v) is 15.8. The molecule has 4 nitrogen and oxygen atoms in total. The minimum atomic E-state index is -0.191. The molecule has 7 heteroatoms.